The maximum absolute atomic E-state index is 9.19. The van der Waals surface area contributed by atoms with Gasteiger partial charge in [-0.05, 0) is 37.3 Å². The Hall–Kier alpha value is -2.81. The van der Waals surface area contributed by atoms with Gasteiger partial charge in [0.2, 0.25) is 5.95 Å². The third kappa shape index (κ3) is 4.38. The molecule has 1 heterocycles. The van der Waals surface area contributed by atoms with Gasteiger partial charge in [-0.1, -0.05) is 35.3 Å². The zero-order valence-corrected chi connectivity index (χ0v) is 14.7. The first-order valence-corrected chi connectivity index (χ1v) is 8.14. The molecule has 0 atom stereocenters. The van der Waals surface area contributed by atoms with E-state index in [1.807, 2.05) is 25.1 Å². The number of nitrogens with zero attached hydrogens (tertiary/aromatic N) is 3. The summed E-state index contributed by atoms with van der Waals surface area (Å²) in [6, 6.07) is 16.3. The van der Waals surface area contributed by atoms with E-state index in [4.69, 9.17) is 23.2 Å². The molecule has 0 aliphatic carbocycles. The van der Waals surface area contributed by atoms with Crippen molar-refractivity contribution in [3.63, 3.8) is 0 Å². The van der Waals surface area contributed by atoms with Crippen LogP contribution in [0.3, 0.4) is 0 Å². The van der Waals surface area contributed by atoms with Gasteiger partial charge in [-0.3, -0.25) is 0 Å². The Bertz CT molecular complexity index is 946. The minimum atomic E-state index is 0.398. The highest BCUT2D eigenvalue weighted by Gasteiger charge is 2.07. The van der Waals surface area contributed by atoms with Crippen molar-refractivity contribution in [1.29, 1.82) is 5.26 Å². The van der Waals surface area contributed by atoms with Crippen molar-refractivity contribution >= 4 is 46.3 Å². The molecule has 0 saturated heterocycles. The summed E-state index contributed by atoms with van der Waals surface area (Å²) >= 11 is 12.0. The first-order valence-electron chi connectivity index (χ1n) is 7.38. The predicted octanol–water partition coefficient (Wildman–Crippen LogP) is 5.45. The lowest BCUT2D eigenvalue weighted by Crippen LogP contribution is -2.03. The Morgan fingerprint density at radius 3 is 2.40 bits per heavy atom. The summed E-state index contributed by atoms with van der Waals surface area (Å²) in [4.78, 5) is 8.79. The summed E-state index contributed by atoms with van der Waals surface area (Å²) in [7, 11) is 0. The second-order valence-corrected chi connectivity index (χ2v) is 6.16. The van der Waals surface area contributed by atoms with Gasteiger partial charge in [0.25, 0.3) is 0 Å². The van der Waals surface area contributed by atoms with E-state index in [9.17, 15) is 5.26 Å². The number of nitriles is 1. The van der Waals surface area contributed by atoms with Crippen molar-refractivity contribution in [3.05, 3.63) is 69.8 Å². The number of aryl methyl sites for hydroxylation is 1. The van der Waals surface area contributed by atoms with Gasteiger partial charge >= 0.3 is 0 Å². The Kier molecular flexibility index (Phi) is 5.03. The number of para-hydroxylation sites is 1. The van der Waals surface area contributed by atoms with Crippen molar-refractivity contribution in [3.8, 4) is 6.07 Å². The van der Waals surface area contributed by atoms with Crippen molar-refractivity contribution in [2.24, 2.45) is 0 Å². The van der Waals surface area contributed by atoms with Gasteiger partial charge in [0.1, 0.15) is 11.9 Å². The van der Waals surface area contributed by atoms with E-state index in [-0.39, 0.29) is 0 Å². The van der Waals surface area contributed by atoms with Crippen molar-refractivity contribution in [2.75, 3.05) is 10.6 Å². The Labute approximate surface area is 155 Å². The zero-order chi connectivity index (χ0) is 17.8. The summed E-state index contributed by atoms with van der Waals surface area (Å²) in [6.45, 7) is 1.86. The van der Waals surface area contributed by atoms with Crippen LogP contribution in [0.4, 0.5) is 23.1 Å². The number of hydrogen-bond donors (Lipinski definition) is 2. The van der Waals surface area contributed by atoms with E-state index in [1.54, 1.807) is 30.3 Å². The molecule has 0 saturated carbocycles. The van der Waals surface area contributed by atoms with Crippen LogP contribution in [0.1, 0.15) is 11.3 Å². The van der Waals surface area contributed by atoms with Crippen LogP contribution in [-0.2, 0) is 0 Å². The summed E-state index contributed by atoms with van der Waals surface area (Å²) in [6.07, 6.45) is 0. The molecule has 0 spiro atoms. The fourth-order valence-electron chi connectivity index (χ4n) is 2.27. The van der Waals surface area contributed by atoms with Crippen molar-refractivity contribution in [2.45, 2.75) is 6.92 Å². The molecule has 0 aliphatic rings. The molecule has 5 nitrogen and oxygen atoms in total. The molecular formula is C18H13Cl2N5. The van der Waals surface area contributed by atoms with Crippen LogP contribution in [0.2, 0.25) is 10.0 Å². The second kappa shape index (κ2) is 7.39. The fourth-order valence-corrected chi connectivity index (χ4v) is 2.80. The lowest BCUT2D eigenvalue weighted by Gasteiger charge is -2.11. The van der Waals surface area contributed by atoms with E-state index in [1.165, 1.54) is 0 Å². The van der Waals surface area contributed by atoms with Gasteiger partial charge in [0.15, 0.2) is 0 Å². The van der Waals surface area contributed by atoms with Gasteiger partial charge in [-0.15, -0.1) is 0 Å². The molecule has 0 radical (unpaired) electrons. The number of rotatable bonds is 4. The maximum atomic E-state index is 9.19. The molecule has 2 N–H and O–H groups in total. The van der Waals surface area contributed by atoms with Crippen LogP contribution in [0.15, 0.2) is 48.5 Å². The van der Waals surface area contributed by atoms with Gasteiger partial charge in [-0.25, -0.2) is 4.98 Å². The first kappa shape index (κ1) is 17.0. The van der Waals surface area contributed by atoms with Crippen LogP contribution < -0.4 is 10.6 Å². The fraction of sp³-hybridized carbons (Fsp3) is 0.0556. The second-order valence-electron chi connectivity index (χ2n) is 5.28. The average Bonchev–Trinajstić information content (AvgIpc) is 2.53. The third-order valence-corrected chi connectivity index (χ3v) is 3.72. The maximum Gasteiger partial charge on any atom is 0.229 e. The van der Waals surface area contributed by atoms with Gasteiger partial charge in [-0.2, -0.15) is 10.2 Å². The molecule has 7 heteroatoms. The predicted molar refractivity (Wildman–Crippen MR) is 101 cm³/mol. The van der Waals surface area contributed by atoms with Crippen LogP contribution in [-0.4, -0.2) is 9.97 Å². The molecule has 124 valence electrons. The largest absolute Gasteiger partial charge is 0.339 e. The molecule has 3 aromatic rings. The first-order chi connectivity index (χ1) is 12.0. The molecule has 2 aromatic carbocycles. The highest BCUT2D eigenvalue weighted by Crippen LogP contribution is 2.25. The average molecular weight is 370 g/mol. The minimum Gasteiger partial charge on any atom is -0.339 e. The van der Waals surface area contributed by atoms with Gasteiger partial charge in [0.05, 0.1) is 11.3 Å². The van der Waals surface area contributed by atoms with E-state index in [0.717, 1.165) is 5.69 Å². The quantitative estimate of drug-likeness (QED) is 0.639. The number of hydrogen-bond acceptors (Lipinski definition) is 5. The SMILES string of the molecule is Cc1cc(Nc2ccccc2C#N)nc(Nc2cc(Cl)cc(Cl)c2)n1. The van der Waals surface area contributed by atoms with Crippen molar-refractivity contribution < 1.29 is 0 Å². The number of aromatic nitrogens is 2. The molecule has 0 fully saturated rings. The molecule has 0 aliphatic heterocycles. The lowest BCUT2D eigenvalue weighted by molar-refractivity contribution is 1.11. The highest BCUT2D eigenvalue weighted by atomic mass is 35.5. The molecule has 0 amide bonds. The van der Waals surface area contributed by atoms with E-state index < -0.39 is 0 Å². The lowest BCUT2D eigenvalue weighted by atomic mass is 10.2. The third-order valence-electron chi connectivity index (χ3n) is 3.28. The normalized spacial score (nSPS) is 10.2. The van der Waals surface area contributed by atoms with E-state index in [2.05, 4.69) is 26.7 Å². The van der Waals surface area contributed by atoms with Crippen LogP contribution in [0.25, 0.3) is 0 Å². The smallest absolute Gasteiger partial charge is 0.229 e. The molecule has 0 unspecified atom stereocenters. The van der Waals surface area contributed by atoms with E-state index in [0.29, 0.717) is 38.7 Å². The summed E-state index contributed by atoms with van der Waals surface area (Å²) in [5.41, 5.74) is 2.67. The van der Waals surface area contributed by atoms with Crippen molar-refractivity contribution in [1.82, 2.24) is 9.97 Å². The van der Waals surface area contributed by atoms with Crippen LogP contribution in [0, 0.1) is 18.3 Å². The molecule has 25 heavy (non-hydrogen) atoms. The summed E-state index contributed by atoms with van der Waals surface area (Å²) in [5.74, 6) is 0.973. The Morgan fingerprint density at radius 1 is 0.960 bits per heavy atom. The Morgan fingerprint density at radius 2 is 1.68 bits per heavy atom. The van der Waals surface area contributed by atoms with Gasteiger partial charge < -0.3 is 10.6 Å². The number of benzene rings is 2. The van der Waals surface area contributed by atoms with Crippen LogP contribution >= 0.6 is 23.2 Å². The standard InChI is InChI=1S/C18H13Cl2N5/c1-11-6-17(24-16-5-3-2-4-12(16)10-21)25-18(22-11)23-15-8-13(19)7-14(20)9-15/h2-9H,1H3,(H2,22,23,24,25). The number of anilines is 4. The molecule has 0 bridgehead atoms. The summed E-state index contributed by atoms with van der Waals surface area (Å²) < 4.78 is 0. The monoisotopic (exact) mass is 369 g/mol. The number of nitrogens with one attached hydrogen (secondary N) is 2. The topological polar surface area (TPSA) is 73.6 Å². The molecule has 3 rings (SSSR count). The van der Waals surface area contributed by atoms with Gasteiger partial charge in [0, 0.05) is 27.5 Å². The minimum absolute atomic E-state index is 0.398. The highest BCUT2D eigenvalue weighted by molar-refractivity contribution is 6.35. The Balaban J connectivity index is 1.89. The van der Waals surface area contributed by atoms with Crippen LogP contribution in [0.5, 0.6) is 0 Å². The van der Waals surface area contributed by atoms with E-state index >= 15 is 0 Å². The zero-order valence-electron chi connectivity index (χ0n) is 13.2. The molecular weight excluding hydrogens is 357 g/mol. The molecule has 1 aromatic heterocycles. The number of halogens is 2. The summed E-state index contributed by atoms with van der Waals surface area (Å²) in [5, 5.41) is 16.5.